The fourth-order valence-electron chi connectivity index (χ4n) is 3.35. The zero-order chi connectivity index (χ0) is 20.1. The van der Waals surface area contributed by atoms with Crippen LogP contribution in [0.3, 0.4) is 0 Å². The molecule has 6 heteroatoms. The Bertz CT molecular complexity index is 980. The number of aromatic nitrogens is 1. The van der Waals surface area contributed by atoms with E-state index in [1.165, 1.54) is 0 Å². The molecule has 0 spiro atoms. The summed E-state index contributed by atoms with van der Waals surface area (Å²) in [5.74, 6) is 1.52. The highest BCUT2D eigenvalue weighted by molar-refractivity contribution is 6.31. The van der Waals surface area contributed by atoms with Crippen LogP contribution >= 0.6 is 11.6 Å². The number of nitrogens with zero attached hydrogens (tertiary/aromatic N) is 1. The van der Waals surface area contributed by atoms with Gasteiger partial charge in [-0.15, -0.1) is 0 Å². The Morgan fingerprint density at radius 3 is 2.76 bits per heavy atom. The average Bonchev–Trinajstić information content (AvgIpc) is 3.16. The van der Waals surface area contributed by atoms with Crippen LogP contribution in [-0.2, 0) is 11.2 Å². The third-order valence-electron chi connectivity index (χ3n) is 4.72. The van der Waals surface area contributed by atoms with Crippen molar-refractivity contribution in [3.8, 4) is 22.6 Å². The van der Waals surface area contributed by atoms with Crippen molar-refractivity contribution in [2.45, 2.75) is 18.9 Å². The van der Waals surface area contributed by atoms with Gasteiger partial charge in [-0.05, 0) is 42.0 Å². The summed E-state index contributed by atoms with van der Waals surface area (Å²) in [4.78, 5) is 16.2. The number of nitrogens with one attached hydrogen (secondary N) is 1. The van der Waals surface area contributed by atoms with Crippen LogP contribution in [-0.4, -0.2) is 30.1 Å². The third kappa shape index (κ3) is 4.87. The minimum atomic E-state index is -0.122. The number of carbonyl (C=O) groups excluding carboxylic acids is 1. The minimum Gasteiger partial charge on any atom is -0.493 e. The molecule has 2 aromatic carbocycles. The molecule has 1 N–H and O–H groups in total. The van der Waals surface area contributed by atoms with Crippen LogP contribution < -0.4 is 14.8 Å². The predicted molar refractivity (Wildman–Crippen MR) is 112 cm³/mol. The number of rotatable bonds is 7. The topological polar surface area (TPSA) is 60.5 Å². The lowest BCUT2D eigenvalue weighted by molar-refractivity contribution is -0.121. The third-order valence-corrected chi connectivity index (χ3v) is 4.94. The lowest BCUT2D eigenvalue weighted by Gasteiger charge is -2.14. The predicted octanol–water partition coefficient (Wildman–Crippen LogP) is 4.29. The summed E-state index contributed by atoms with van der Waals surface area (Å²) < 4.78 is 11.7. The van der Waals surface area contributed by atoms with Crippen LogP contribution in [0.15, 0.2) is 67.0 Å². The molecule has 0 fully saturated rings. The fourth-order valence-corrected chi connectivity index (χ4v) is 3.59. The number of fused-ring (bicyclic) bond motifs is 1. The first-order valence-corrected chi connectivity index (χ1v) is 9.91. The number of hydrogen-bond acceptors (Lipinski definition) is 4. The standard InChI is InChI=1S/C23H21ClN2O3/c24-18-12-17-13-20(29-23(17)21(14-18)16-6-9-25-10-7-16)15-26-22(27)8-11-28-19-4-2-1-3-5-19/h1-7,9-10,12,14,20H,8,11,13,15H2,(H,26,27). The Labute approximate surface area is 174 Å². The van der Waals surface area contributed by atoms with Crippen molar-refractivity contribution in [3.05, 3.63) is 77.6 Å². The summed E-state index contributed by atoms with van der Waals surface area (Å²) in [6.45, 7) is 0.773. The van der Waals surface area contributed by atoms with E-state index in [0.717, 1.165) is 28.2 Å². The van der Waals surface area contributed by atoms with E-state index in [-0.39, 0.29) is 12.0 Å². The van der Waals surface area contributed by atoms with E-state index in [4.69, 9.17) is 21.1 Å². The van der Waals surface area contributed by atoms with Gasteiger partial charge in [0.25, 0.3) is 0 Å². The number of benzene rings is 2. The van der Waals surface area contributed by atoms with Crippen molar-refractivity contribution in [2.24, 2.45) is 0 Å². The Kier molecular flexibility index (Phi) is 5.96. The molecule has 0 saturated heterocycles. The quantitative estimate of drug-likeness (QED) is 0.633. The molecule has 148 valence electrons. The number of hydrogen-bond donors (Lipinski definition) is 1. The highest BCUT2D eigenvalue weighted by Gasteiger charge is 2.27. The first-order valence-electron chi connectivity index (χ1n) is 9.53. The zero-order valence-corrected chi connectivity index (χ0v) is 16.6. The van der Waals surface area contributed by atoms with Crippen LogP contribution in [0.4, 0.5) is 0 Å². The first-order chi connectivity index (χ1) is 14.2. The van der Waals surface area contributed by atoms with Crippen molar-refractivity contribution in [1.82, 2.24) is 10.3 Å². The van der Waals surface area contributed by atoms with Crippen molar-refractivity contribution in [3.63, 3.8) is 0 Å². The molecule has 4 rings (SSSR count). The number of pyridine rings is 1. The number of amides is 1. The second kappa shape index (κ2) is 8.97. The second-order valence-electron chi connectivity index (χ2n) is 6.84. The summed E-state index contributed by atoms with van der Waals surface area (Å²) in [5.41, 5.74) is 3.00. The molecule has 1 aromatic heterocycles. The van der Waals surface area contributed by atoms with E-state index >= 15 is 0 Å². The molecule has 0 radical (unpaired) electrons. The van der Waals surface area contributed by atoms with E-state index in [1.54, 1.807) is 12.4 Å². The van der Waals surface area contributed by atoms with Crippen molar-refractivity contribution in [2.75, 3.05) is 13.2 Å². The van der Waals surface area contributed by atoms with Gasteiger partial charge in [-0.2, -0.15) is 0 Å². The van der Waals surface area contributed by atoms with Crippen LogP contribution in [0.5, 0.6) is 11.5 Å². The highest BCUT2D eigenvalue weighted by Crippen LogP contribution is 2.40. The molecule has 5 nitrogen and oxygen atoms in total. The van der Waals surface area contributed by atoms with E-state index in [1.807, 2.05) is 54.6 Å². The number of ether oxygens (including phenoxy) is 2. The molecule has 29 heavy (non-hydrogen) atoms. The fraction of sp³-hybridized carbons (Fsp3) is 0.217. The maximum Gasteiger partial charge on any atom is 0.223 e. The van der Waals surface area contributed by atoms with Gasteiger partial charge in [0.2, 0.25) is 5.91 Å². The van der Waals surface area contributed by atoms with Gasteiger partial charge in [0.15, 0.2) is 0 Å². The van der Waals surface area contributed by atoms with Crippen LogP contribution in [0.25, 0.3) is 11.1 Å². The maximum absolute atomic E-state index is 12.1. The van der Waals surface area contributed by atoms with Crippen LogP contribution in [0.2, 0.25) is 5.02 Å². The molecule has 1 atom stereocenters. The molecule has 1 aliphatic heterocycles. The molecule has 0 bridgehead atoms. The van der Waals surface area contributed by atoms with Crippen LogP contribution in [0, 0.1) is 0 Å². The SMILES string of the molecule is O=C(CCOc1ccccc1)NCC1Cc2cc(Cl)cc(-c3ccncc3)c2O1. The molecule has 0 aliphatic carbocycles. The Morgan fingerprint density at radius 2 is 1.97 bits per heavy atom. The van der Waals surface area contributed by atoms with Gasteiger partial charge in [-0.3, -0.25) is 9.78 Å². The lowest BCUT2D eigenvalue weighted by Crippen LogP contribution is -2.35. The zero-order valence-electron chi connectivity index (χ0n) is 15.8. The van der Waals surface area contributed by atoms with E-state index < -0.39 is 0 Å². The average molecular weight is 409 g/mol. The van der Waals surface area contributed by atoms with E-state index in [0.29, 0.717) is 31.0 Å². The summed E-state index contributed by atoms with van der Waals surface area (Å²) in [5, 5.41) is 3.60. The first kappa shape index (κ1) is 19.3. The summed E-state index contributed by atoms with van der Waals surface area (Å²) >= 11 is 6.31. The minimum absolute atomic E-state index is 0.0622. The summed E-state index contributed by atoms with van der Waals surface area (Å²) in [6.07, 6.45) is 4.36. The van der Waals surface area contributed by atoms with Gasteiger partial charge in [0, 0.05) is 35.0 Å². The maximum atomic E-state index is 12.1. The Morgan fingerprint density at radius 1 is 1.17 bits per heavy atom. The van der Waals surface area contributed by atoms with Gasteiger partial charge in [0.05, 0.1) is 19.6 Å². The molecule has 3 aromatic rings. The van der Waals surface area contributed by atoms with Crippen molar-refractivity contribution < 1.29 is 14.3 Å². The number of halogens is 1. The van der Waals surface area contributed by atoms with Gasteiger partial charge in [-0.25, -0.2) is 0 Å². The van der Waals surface area contributed by atoms with Crippen LogP contribution in [0.1, 0.15) is 12.0 Å². The second-order valence-corrected chi connectivity index (χ2v) is 7.27. The normalized spacial score (nSPS) is 14.7. The molecule has 1 unspecified atom stereocenters. The van der Waals surface area contributed by atoms with E-state index in [2.05, 4.69) is 10.3 Å². The molecule has 2 heterocycles. The lowest BCUT2D eigenvalue weighted by atomic mass is 10.0. The smallest absolute Gasteiger partial charge is 0.223 e. The molecular formula is C23H21ClN2O3. The molecular weight excluding hydrogens is 388 g/mol. The summed E-state index contributed by atoms with van der Waals surface area (Å²) in [7, 11) is 0. The molecule has 1 amide bonds. The number of carbonyl (C=O) groups is 1. The monoisotopic (exact) mass is 408 g/mol. The highest BCUT2D eigenvalue weighted by atomic mass is 35.5. The number of para-hydroxylation sites is 1. The molecule has 1 aliphatic rings. The Balaban J connectivity index is 1.31. The Hall–Kier alpha value is -3.05. The largest absolute Gasteiger partial charge is 0.493 e. The van der Waals surface area contributed by atoms with Gasteiger partial charge >= 0.3 is 0 Å². The summed E-state index contributed by atoms with van der Waals surface area (Å²) in [6, 6.07) is 17.1. The molecule has 0 saturated carbocycles. The van der Waals surface area contributed by atoms with Gasteiger partial charge in [-0.1, -0.05) is 29.8 Å². The van der Waals surface area contributed by atoms with Crippen molar-refractivity contribution >= 4 is 17.5 Å². The van der Waals surface area contributed by atoms with Crippen molar-refractivity contribution in [1.29, 1.82) is 0 Å². The van der Waals surface area contributed by atoms with Gasteiger partial charge < -0.3 is 14.8 Å². The van der Waals surface area contributed by atoms with E-state index in [9.17, 15) is 4.79 Å². The van der Waals surface area contributed by atoms with Gasteiger partial charge in [0.1, 0.15) is 17.6 Å².